The third-order valence-corrected chi connectivity index (χ3v) is 3.42. The minimum Gasteiger partial charge on any atom is -0.374 e. The van der Waals surface area contributed by atoms with Gasteiger partial charge in [-0.05, 0) is 30.4 Å². The van der Waals surface area contributed by atoms with Gasteiger partial charge in [-0.3, -0.25) is 0 Å². The number of rotatable bonds is 6. The van der Waals surface area contributed by atoms with Crippen molar-refractivity contribution in [3.63, 3.8) is 0 Å². The highest BCUT2D eigenvalue weighted by Gasteiger charge is 2.04. The van der Waals surface area contributed by atoms with Crippen molar-refractivity contribution in [2.24, 2.45) is 5.73 Å². The zero-order chi connectivity index (χ0) is 12.0. The molecule has 0 fully saturated rings. The number of hydrogen-bond acceptors (Lipinski definition) is 3. The van der Waals surface area contributed by atoms with E-state index in [1.54, 1.807) is 0 Å². The molecule has 0 bridgehead atoms. The van der Waals surface area contributed by atoms with Gasteiger partial charge in [-0.15, -0.1) is 0 Å². The van der Waals surface area contributed by atoms with Crippen LogP contribution in [0.1, 0.15) is 24.9 Å². The maximum absolute atomic E-state index is 5.98. The van der Waals surface area contributed by atoms with Crippen LogP contribution in [0.2, 0.25) is 0 Å². The van der Waals surface area contributed by atoms with Crippen molar-refractivity contribution >= 4 is 17.4 Å². The Balaban J connectivity index is 2.63. The maximum Gasteiger partial charge on any atom is 0.0364 e. The summed E-state index contributed by atoms with van der Waals surface area (Å²) in [5.41, 5.74) is 8.48. The number of benzene rings is 1. The van der Waals surface area contributed by atoms with Crippen molar-refractivity contribution < 1.29 is 0 Å². The van der Waals surface area contributed by atoms with Crippen LogP contribution in [0.25, 0.3) is 0 Å². The first-order valence-corrected chi connectivity index (χ1v) is 7.14. The van der Waals surface area contributed by atoms with E-state index in [2.05, 4.69) is 49.4 Å². The van der Waals surface area contributed by atoms with Crippen molar-refractivity contribution in [3.05, 3.63) is 29.8 Å². The Bertz CT molecular complexity index is 297. The van der Waals surface area contributed by atoms with E-state index in [0.29, 0.717) is 0 Å². The minimum atomic E-state index is 0.172. The highest BCUT2D eigenvalue weighted by Crippen LogP contribution is 2.19. The first-order valence-electron chi connectivity index (χ1n) is 5.74. The lowest BCUT2D eigenvalue weighted by molar-refractivity contribution is 0.698. The summed E-state index contributed by atoms with van der Waals surface area (Å²) < 4.78 is 0. The Morgan fingerprint density at radius 3 is 2.44 bits per heavy atom. The van der Waals surface area contributed by atoms with E-state index >= 15 is 0 Å². The number of anilines is 1. The van der Waals surface area contributed by atoms with E-state index in [1.807, 2.05) is 11.8 Å². The second-order valence-electron chi connectivity index (χ2n) is 4.02. The van der Waals surface area contributed by atoms with E-state index in [-0.39, 0.29) is 6.04 Å². The minimum absolute atomic E-state index is 0.172. The second-order valence-corrected chi connectivity index (χ2v) is 5.01. The summed E-state index contributed by atoms with van der Waals surface area (Å²) in [4.78, 5) is 2.28. The molecule has 1 aromatic carbocycles. The fourth-order valence-electron chi connectivity index (χ4n) is 1.57. The summed E-state index contributed by atoms with van der Waals surface area (Å²) in [6.07, 6.45) is 3.12. The van der Waals surface area contributed by atoms with Gasteiger partial charge in [0.25, 0.3) is 0 Å². The summed E-state index contributed by atoms with van der Waals surface area (Å²) in [5.74, 6) is 1.16. The molecule has 0 aromatic heterocycles. The van der Waals surface area contributed by atoms with Crippen molar-refractivity contribution in [1.29, 1.82) is 0 Å². The molecule has 0 aliphatic heterocycles. The average Bonchev–Trinajstić information content (AvgIpc) is 2.35. The standard InChI is InChI=1S/C13H22N2S/c1-4-13(14)11-5-7-12(8-6-11)15(2)9-10-16-3/h5-8,13H,4,9-10,14H2,1-3H3. The third-order valence-electron chi connectivity index (χ3n) is 2.83. The number of hydrogen-bond donors (Lipinski definition) is 1. The predicted molar refractivity (Wildman–Crippen MR) is 75.3 cm³/mol. The molecule has 0 saturated carbocycles. The lowest BCUT2D eigenvalue weighted by atomic mass is 10.1. The van der Waals surface area contributed by atoms with Crippen LogP contribution in [-0.4, -0.2) is 25.6 Å². The largest absolute Gasteiger partial charge is 0.374 e. The molecule has 0 heterocycles. The van der Waals surface area contributed by atoms with Crippen molar-refractivity contribution in [3.8, 4) is 0 Å². The van der Waals surface area contributed by atoms with Crippen molar-refractivity contribution in [1.82, 2.24) is 0 Å². The number of nitrogens with two attached hydrogens (primary N) is 1. The van der Waals surface area contributed by atoms with E-state index < -0.39 is 0 Å². The Kier molecular flexibility index (Phi) is 5.71. The van der Waals surface area contributed by atoms with Crippen LogP contribution >= 0.6 is 11.8 Å². The molecular formula is C13H22N2S. The third kappa shape index (κ3) is 3.72. The van der Waals surface area contributed by atoms with Gasteiger partial charge >= 0.3 is 0 Å². The first kappa shape index (κ1) is 13.4. The molecule has 1 unspecified atom stereocenters. The highest BCUT2D eigenvalue weighted by atomic mass is 32.2. The molecule has 2 N–H and O–H groups in total. The Morgan fingerprint density at radius 2 is 1.94 bits per heavy atom. The van der Waals surface area contributed by atoms with Gasteiger partial charge in [0.05, 0.1) is 0 Å². The second kappa shape index (κ2) is 6.81. The zero-order valence-electron chi connectivity index (χ0n) is 10.4. The summed E-state index contributed by atoms with van der Waals surface area (Å²) in [5, 5.41) is 0. The molecule has 2 nitrogen and oxygen atoms in total. The van der Waals surface area contributed by atoms with Crippen LogP contribution < -0.4 is 10.6 Å². The summed E-state index contributed by atoms with van der Waals surface area (Å²) >= 11 is 1.87. The summed E-state index contributed by atoms with van der Waals surface area (Å²) in [7, 11) is 2.13. The summed E-state index contributed by atoms with van der Waals surface area (Å²) in [6, 6.07) is 8.76. The molecule has 1 aromatic rings. The molecule has 90 valence electrons. The van der Waals surface area contributed by atoms with Crippen molar-refractivity contribution in [2.45, 2.75) is 19.4 Å². The fourth-order valence-corrected chi connectivity index (χ4v) is 2.03. The SMILES string of the molecule is CCC(N)c1ccc(N(C)CCSC)cc1. The molecule has 0 spiro atoms. The molecular weight excluding hydrogens is 216 g/mol. The molecule has 0 radical (unpaired) electrons. The van der Waals surface area contributed by atoms with Crippen LogP contribution in [0, 0.1) is 0 Å². The van der Waals surface area contributed by atoms with Crippen LogP contribution in [0.3, 0.4) is 0 Å². The molecule has 3 heteroatoms. The lowest BCUT2D eigenvalue weighted by Gasteiger charge is -2.19. The molecule has 0 saturated heterocycles. The highest BCUT2D eigenvalue weighted by molar-refractivity contribution is 7.98. The Labute approximate surface area is 103 Å². The molecule has 16 heavy (non-hydrogen) atoms. The van der Waals surface area contributed by atoms with Crippen LogP contribution in [0.4, 0.5) is 5.69 Å². The molecule has 0 amide bonds. The lowest BCUT2D eigenvalue weighted by Crippen LogP contribution is -2.20. The predicted octanol–water partition coefficient (Wildman–Crippen LogP) is 2.90. The van der Waals surface area contributed by atoms with Gasteiger partial charge in [-0.1, -0.05) is 19.1 Å². The van der Waals surface area contributed by atoms with E-state index in [0.717, 1.165) is 18.7 Å². The molecule has 0 aliphatic carbocycles. The van der Waals surface area contributed by atoms with Gasteiger partial charge in [0.2, 0.25) is 0 Å². The Hall–Kier alpha value is -0.670. The molecule has 0 aliphatic rings. The quantitative estimate of drug-likeness (QED) is 0.826. The van der Waals surface area contributed by atoms with Crippen LogP contribution in [0.15, 0.2) is 24.3 Å². The average molecular weight is 238 g/mol. The normalized spacial score (nSPS) is 12.5. The molecule has 1 atom stereocenters. The van der Waals surface area contributed by atoms with Crippen molar-refractivity contribution in [2.75, 3.05) is 30.5 Å². The van der Waals surface area contributed by atoms with Gasteiger partial charge in [0, 0.05) is 31.1 Å². The van der Waals surface area contributed by atoms with Crippen LogP contribution in [-0.2, 0) is 0 Å². The number of thioether (sulfide) groups is 1. The van der Waals surface area contributed by atoms with Gasteiger partial charge < -0.3 is 10.6 Å². The smallest absolute Gasteiger partial charge is 0.0364 e. The number of nitrogens with zero attached hydrogens (tertiary/aromatic N) is 1. The Morgan fingerprint density at radius 1 is 1.31 bits per heavy atom. The maximum atomic E-state index is 5.98. The van der Waals surface area contributed by atoms with E-state index in [1.165, 1.54) is 11.3 Å². The van der Waals surface area contributed by atoms with Gasteiger partial charge in [-0.25, -0.2) is 0 Å². The van der Waals surface area contributed by atoms with Gasteiger partial charge in [-0.2, -0.15) is 11.8 Å². The summed E-state index contributed by atoms with van der Waals surface area (Å²) in [6.45, 7) is 3.20. The zero-order valence-corrected chi connectivity index (χ0v) is 11.3. The topological polar surface area (TPSA) is 29.3 Å². The van der Waals surface area contributed by atoms with E-state index in [9.17, 15) is 0 Å². The monoisotopic (exact) mass is 238 g/mol. The van der Waals surface area contributed by atoms with E-state index in [4.69, 9.17) is 5.73 Å². The molecule has 1 rings (SSSR count). The fraction of sp³-hybridized carbons (Fsp3) is 0.538. The van der Waals surface area contributed by atoms with Gasteiger partial charge in [0.1, 0.15) is 0 Å². The first-order chi connectivity index (χ1) is 7.69. The van der Waals surface area contributed by atoms with Gasteiger partial charge in [0.15, 0.2) is 0 Å². The van der Waals surface area contributed by atoms with Crippen LogP contribution in [0.5, 0.6) is 0 Å².